The number of aliphatic hydroxyl groups excluding tert-OH is 1. The van der Waals surface area contributed by atoms with Gasteiger partial charge in [-0.15, -0.1) is 0 Å². The summed E-state index contributed by atoms with van der Waals surface area (Å²) in [4.78, 5) is 24.4. The van der Waals surface area contributed by atoms with Gasteiger partial charge in [0.15, 0.2) is 11.3 Å². The van der Waals surface area contributed by atoms with E-state index in [2.05, 4.69) is 10.5 Å². The summed E-state index contributed by atoms with van der Waals surface area (Å²) in [7, 11) is 0. The summed E-state index contributed by atoms with van der Waals surface area (Å²) < 4.78 is 5.25. The molecule has 0 unspecified atom stereocenters. The predicted molar refractivity (Wildman–Crippen MR) is 111 cm³/mol. The largest absolute Gasteiger partial charge is 0.478 e. The van der Waals surface area contributed by atoms with Crippen molar-refractivity contribution < 1.29 is 24.3 Å². The highest BCUT2D eigenvalue weighted by molar-refractivity contribution is 6.13. The number of hydrogen-bond donors (Lipinski definition) is 3. The van der Waals surface area contributed by atoms with Crippen LogP contribution < -0.4 is 5.32 Å². The first kappa shape index (κ1) is 19.8. The van der Waals surface area contributed by atoms with Gasteiger partial charge in [0.1, 0.15) is 0 Å². The number of aromatic nitrogens is 1. The number of carbonyl (C=O) groups excluding carboxylic acids is 1. The molecule has 0 bridgehead atoms. The molecule has 0 radical (unpaired) electrons. The van der Waals surface area contributed by atoms with E-state index in [9.17, 15) is 19.8 Å². The van der Waals surface area contributed by atoms with Crippen molar-refractivity contribution >= 4 is 28.5 Å². The number of benzene rings is 3. The van der Waals surface area contributed by atoms with Crippen LogP contribution in [0.4, 0.5) is 5.69 Å². The van der Waals surface area contributed by atoms with E-state index in [1.54, 1.807) is 24.3 Å². The van der Waals surface area contributed by atoms with Crippen LogP contribution in [0.15, 0.2) is 65.2 Å². The molecule has 0 saturated carbocycles. The van der Waals surface area contributed by atoms with Crippen molar-refractivity contribution in [2.75, 3.05) is 5.32 Å². The molecule has 8 nitrogen and oxygen atoms in total. The van der Waals surface area contributed by atoms with Gasteiger partial charge < -0.3 is 20.1 Å². The Kier molecular flexibility index (Phi) is 5.18. The Bertz CT molecular complexity index is 1370. The number of carbonyl (C=O) groups is 2. The van der Waals surface area contributed by atoms with E-state index in [0.717, 1.165) is 16.7 Å². The lowest BCUT2D eigenvalue weighted by Gasteiger charge is -2.09. The fraction of sp³-hybridized carbons (Fsp3) is 0.0435. The fourth-order valence-electron chi connectivity index (χ4n) is 3.29. The molecule has 4 aromatic rings. The maximum Gasteiger partial charge on any atom is 0.337 e. The number of aromatic carboxylic acids is 1. The average molecular weight is 413 g/mol. The van der Waals surface area contributed by atoms with Gasteiger partial charge in [0.2, 0.25) is 0 Å². The third kappa shape index (κ3) is 3.73. The average Bonchev–Trinajstić information content (AvgIpc) is 3.22. The first-order valence-corrected chi connectivity index (χ1v) is 9.19. The molecule has 8 heteroatoms. The summed E-state index contributed by atoms with van der Waals surface area (Å²) in [5.41, 5.74) is 2.65. The summed E-state index contributed by atoms with van der Waals surface area (Å²) in [6, 6.07) is 18.3. The minimum atomic E-state index is -1.28. The summed E-state index contributed by atoms with van der Waals surface area (Å²) in [6.45, 7) is -0.137. The minimum Gasteiger partial charge on any atom is -0.478 e. The molecule has 31 heavy (non-hydrogen) atoms. The smallest absolute Gasteiger partial charge is 0.337 e. The Balaban J connectivity index is 1.73. The second-order valence-corrected chi connectivity index (χ2v) is 6.69. The highest BCUT2D eigenvalue weighted by atomic mass is 16.5. The van der Waals surface area contributed by atoms with E-state index < -0.39 is 11.9 Å². The van der Waals surface area contributed by atoms with Gasteiger partial charge >= 0.3 is 5.97 Å². The number of nitrogens with one attached hydrogen (secondary N) is 1. The van der Waals surface area contributed by atoms with Crippen LogP contribution in [0.2, 0.25) is 0 Å². The van der Waals surface area contributed by atoms with Gasteiger partial charge in [-0.25, -0.2) is 4.79 Å². The lowest BCUT2D eigenvalue weighted by Crippen LogP contribution is -2.15. The van der Waals surface area contributed by atoms with E-state index in [1.165, 1.54) is 18.2 Å². The van der Waals surface area contributed by atoms with Gasteiger partial charge in [-0.1, -0.05) is 35.5 Å². The number of aliphatic hydroxyl groups is 1. The molecule has 0 fully saturated rings. The fourth-order valence-corrected chi connectivity index (χ4v) is 3.29. The quantitative estimate of drug-likeness (QED) is 0.452. The molecule has 152 valence electrons. The molecule has 0 aliphatic heterocycles. The second kappa shape index (κ2) is 8.10. The Morgan fingerprint density at radius 1 is 1.10 bits per heavy atom. The molecule has 0 aliphatic rings. The summed E-state index contributed by atoms with van der Waals surface area (Å²) in [5.74, 6) is -1.93. The van der Waals surface area contributed by atoms with E-state index in [0.29, 0.717) is 11.0 Å². The zero-order chi connectivity index (χ0) is 22.0. The summed E-state index contributed by atoms with van der Waals surface area (Å²) in [6.07, 6.45) is 0. The first-order valence-electron chi connectivity index (χ1n) is 9.19. The van der Waals surface area contributed by atoms with E-state index in [4.69, 9.17) is 9.78 Å². The van der Waals surface area contributed by atoms with Crippen LogP contribution in [-0.2, 0) is 6.61 Å². The van der Waals surface area contributed by atoms with Crippen LogP contribution in [-0.4, -0.2) is 27.2 Å². The van der Waals surface area contributed by atoms with Gasteiger partial charge in [0, 0.05) is 0 Å². The molecule has 4 rings (SSSR count). The minimum absolute atomic E-state index is 0.0148. The Hall–Kier alpha value is -4.48. The highest BCUT2D eigenvalue weighted by Crippen LogP contribution is 2.29. The van der Waals surface area contributed by atoms with Crippen LogP contribution in [0.1, 0.15) is 32.0 Å². The number of anilines is 1. The molecule has 3 N–H and O–H groups in total. The van der Waals surface area contributed by atoms with Crippen LogP contribution >= 0.6 is 0 Å². The van der Waals surface area contributed by atoms with Crippen molar-refractivity contribution in [1.82, 2.24) is 5.16 Å². The number of amides is 1. The summed E-state index contributed by atoms with van der Waals surface area (Å²) >= 11 is 0. The first-order chi connectivity index (χ1) is 15.0. The molecule has 1 aromatic heterocycles. The van der Waals surface area contributed by atoms with E-state index in [1.807, 2.05) is 24.3 Å². The second-order valence-electron chi connectivity index (χ2n) is 6.69. The van der Waals surface area contributed by atoms with Gasteiger partial charge in [0.05, 0.1) is 34.9 Å². The topological polar surface area (TPSA) is 136 Å². The molecular weight excluding hydrogens is 398 g/mol. The van der Waals surface area contributed by atoms with Gasteiger partial charge in [-0.3, -0.25) is 4.79 Å². The normalized spacial score (nSPS) is 10.6. The number of carboxylic acid groups (broad SMARTS) is 1. The van der Waals surface area contributed by atoms with Gasteiger partial charge in [-0.05, 0) is 47.0 Å². The Morgan fingerprint density at radius 3 is 2.65 bits per heavy atom. The van der Waals surface area contributed by atoms with E-state index >= 15 is 0 Å². The molecule has 3 aromatic carbocycles. The SMILES string of the molecule is N#Cc1ccc(NC(=O)c2noc3ccc(-c4ccccc4CO)cc23)c(C(=O)O)c1. The number of hydrogen-bond acceptors (Lipinski definition) is 6. The molecule has 1 heterocycles. The Labute approximate surface area is 176 Å². The molecule has 0 spiro atoms. The van der Waals surface area contributed by atoms with Gasteiger partial charge in [0.25, 0.3) is 5.91 Å². The van der Waals surface area contributed by atoms with Crippen molar-refractivity contribution in [2.45, 2.75) is 6.61 Å². The maximum absolute atomic E-state index is 12.9. The zero-order valence-electron chi connectivity index (χ0n) is 16.0. The monoisotopic (exact) mass is 413 g/mol. The molecular formula is C23H15N3O5. The summed E-state index contributed by atoms with van der Waals surface area (Å²) in [5, 5.41) is 34.8. The van der Waals surface area contributed by atoms with Crippen LogP contribution in [0.3, 0.4) is 0 Å². The van der Waals surface area contributed by atoms with E-state index in [-0.39, 0.29) is 29.1 Å². The number of nitriles is 1. The van der Waals surface area contributed by atoms with Gasteiger partial charge in [-0.2, -0.15) is 5.26 Å². The van der Waals surface area contributed by atoms with Crippen LogP contribution in [0.5, 0.6) is 0 Å². The number of fused-ring (bicyclic) bond motifs is 1. The van der Waals surface area contributed by atoms with Crippen molar-refractivity contribution in [3.8, 4) is 17.2 Å². The molecule has 0 aliphatic carbocycles. The van der Waals surface area contributed by atoms with Crippen molar-refractivity contribution in [1.29, 1.82) is 5.26 Å². The van der Waals surface area contributed by atoms with Crippen LogP contribution in [0, 0.1) is 11.3 Å². The van der Waals surface area contributed by atoms with Crippen LogP contribution in [0.25, 0.3) is 22.1 Å². The van der Waals surface area contributed by atoms with Crippen molar-refractivity contribution in [2.24, 2.45) is 0 Å². The predicted octanol–water partition coefficient (Wildman–Crippen LogP) is 3.81. The third-order valence-corrected chi connectivity index (χ3v) is 4.81. The molecule has 0 atom stereocenters. The Morgan fingerprint density at radius 2 is 1.90 bits per heavy atom. The lowest BCUT2D eigenvalue weighted by atomic mass is 9.98. The third-order valence-electron chi connectivity index (χ3n) is 4.81. The van der Waals surface area contributed by atoms with Crippen molar-refractivity contribution in [3.63, 3.8) is 0 Å². The number of nitrogens with zero attached hydrogens (tertiary/aromatic N) is 2. The zero-order valence-corrected chi connectivity index (χ0v) is 16.0. The molecule has 0 saturated heterocycles. The lowest BCUT2D eigenvalue weighted by molar-refractivity contribution is 0.0698. The molecule has 1 amide bonds. The standard InChI is InChI=1S/C23H15N3O5/c24-11-13-5-7-19(17(9-13)23(29)30)25-22(28)21-18-10-14(6-8-20(18)31-26-21)16-4-2-1-3-15(16)12-27/h1-10,27H,12H2,(H,25,28)(H,29,30). The number of carboxylic acids is 1. The number of rotatable bonds is 5. The van der Waals surface area contributed by atoms with Crippen molar-refractivity contribution in [3.05, 3.63) is 83.0 Å². The maximum atomic E-state index is 12.9. The highest BCUT2D eigenvalue weighted by Gasteiger charge is 2.20.